The molecule has 0 aromatic heterocycles. The Morgan fingerprint density at radius 1 is 1.48 bits per heavy atom. The summed E-state index contributed by atoms with van der Waals surface area (Å²) >= 11 is 0. The van der Waals surface area contributed by atoms with E-state index in [2.05, 4.69) is 40.7 Å². The van der Waals surface area contributed by atoms with Crippen molar-refractivity contribution in [2.75, 3.05) is 6.61 Å². The van der Waals surface area contributed by atoms with Crippen molar-refractivity contribution in [1.82, 2.24) is 0 Å². The Balaban J connectivity index is 3.18. The lowest BCUT2D eigenvalue weighted by Gasteiger charge is -2.47. The fraction of sp³-hybridized carbons (Fsp3) is 0.895. The van der Waals surface area contributed by atoms with Crippen molar-refractivity contribution in [3.8, 4) is 0 Å². The Kier molecular flexibility index (Phi) is 6.49. The first-order valence-electron chi connectivity index (χ1n) is 8.72. The molecule has 0 bridgehead atoms. The normalized spacial score (nSPS) is 33.5. The molecule has 0 amide bonds. The van der Waals surface area contributed by atoms with E-state index in [0.717, 1.165) is 18.3 Å². The number of rotatable bonds is 7. The van der Waals surface area contributed by atoms with Crippen LogP contribution in [0.1, 0.15) is 73.6 Å². The van der Waals surface area contributed by atoms with E-state index in [-0.39, 0.29) is 12.0 Å². The molecule has 0 saturated heterocycles. The van der Waals surface area contributed by atoms with Gasteiger partial charge in [0.1, 0.15) is 0 Å². The second-order valence-corrected chi connectivity index (χ2v) is 8.13. The van der Waals surface area contributed by atoms with Crippen molar-refractivity contribution < 1.29 is 5.11 Å². The van der Waals surface area contributed by atoms with Crippen LogP contribution in [0.3, 0.4) is 0 Å². The highest BCUT2D eigenvalue weighted by atomic mass is 16.3. The van der Waals surface area contributed by atoms with E-state index in [1.807, 2.05) is 6.92 Å². The molecular formula is C19H37NO. The molecule has 2 nitrogen and oxygen atoms in total. The first-order chi connectivity index (χ1) is 9.69. The highest BCUT2D eigenvalue weighted by Gasteiger charge is 2.52. The van der Waals surface area contributed by atoms with Crippen molar-refractivity contribution in [3.63, 3.8) is 0 Å². The maximum atomic E-state index is 9.76. The van der Waals surface area contributed by atoms with Gasteiger partial charge >= 0.3 is 0 Å². The quantitative estimate of drug-likeness (QED) is 0.678. The van der Waals surface area contributed by atoms with E-state index < -0.39 is 5.54 Å². The minimum Gasteiger partial charge on any atom is -0.394 e. The predicted molar refractivity (Wildman–Crippen MR) is 92.1 cm³/mol. The standard InChI is InChI=1S/C19H37NO/c1-7-8-17-11-15(4)12-19(17,10-9-14(2)3)16(5)18(6,20)13-21/h9,15-17,21H,7-8,10-13,20H2,1-6H3/t15?,16-,17?,18?,19?/m1/s1. The third-order valence-corrected chi connectivity index (χ3v) is 5.95. The number of aliphatic hydroxyl groups is 1. The van der Waals surface area contributed by atoms with Crippen LogP contribution in [-0.4, -0.2) is 17.3 Å². The number of hydrogen-bond acceptors (Lipinski definition) is 2. The lowest BCUT2D eigenvalue weighted by molar-refractivity contribution is 0.0257. The molecule has 1 rings (SSSR count). The van der Waals surface area contributed by atoms with Crippen LogP contribution < -0.4 is 5.73 Å². The third kappa shape index (κ3) is 4.10. The fourth-order valence-corrected chi connectivity index (χ4v) is 4.52. The first-order valence-corrected chi connectivity index (χ1v) is 8.72. The lowest BCUT2D eigenvalue weighted by atomic mass is 9.60. The monoisotopic (exact) mass is 295 g/mol. The van der Waals surface area contributed by atoms with E-state index in [4.69, 9.17) is 5.73 Å². The average molecular weight is 296 g/mol. The Hall–Kier alpha value is -0.340. The molecule has 0 aromatic rings. The molecule has 5 atom stereocenters. The molecule has 1 fully saturated rings. The molecule has 1 aliphatic rings. The zero-order chi connectivity index (χ0) is 16.3. The molecular weight excluding hydrogens is 258 g/mol. The van der Waals surface area contributed by atoms with Gasteiger partial charge in [-0.05, 0) is 63.2 Å². The Morgan fingerprint density at radius 2 is 2.10 bits per heavy atom. The summed E-state index contributed by atoms with van der Waals surface area (Å²) in [5.41, 5.74) is 7.61. The van der Waals surface area contributed by atoms with Gasteiger partial charge in [0, 0.05) is 5.54 Å². The Morgan fingerprint density at radius 3 is 2.57 bits per heavy atom. The van der Waals surface area contributed by atoms with Crippen LogP contribution in [0.5, 0.6) is 0 Å². The van der Waals surface area contributed by atoms with Crippen molar-refractivity contribution in [1.29, 1.82) is 0 Å². The van der Waals surface area contributed by atoms with Crippen LogP contribution in [0.25, 0.3) is 0 Å². The molecule has 124 valence electrons. The summed E-state index contributed by atoms with van der Waals surface area (Å²) in [6, 6.07) is 0. The number of nitrogens with two attached hydrogens (primary N) is 1. The van der Waals surface area contributed by atoms with Gasteiger partial charge in [0.15, 0.2) is 0 Å². The van der Waals surface area contributed by atoms with Gasteiger partial charge in [-0.2, -0.15) is 0 Å². The minimum absolute atomic E-state index is 0.0674. The molecule has 3 N–H and O–H groups in total. The van der Waals surface area contributed by atoms with Crippen LogP contribution in [0, 0.1) is 23.2 Å². The summed E-state index contributed by atoms with van der Waals surface area (Å²) in [6.45, 7) is 13.4. The van der Waals surface area contributed by atoms with Crippen LogP contribution in [0.2, 0.25) is 0 Å². The van der Waals surface area contributed by atoms with Crippen LogP contribution in [-0.2, 0) is 0 Å². The maximum Gasteiger partial charge on any atom is 0.0611 e. The van der Waals surface area contributed by atoms with Gasteiger partial charge in [0.2, 0.25) is 0 Å². The van der Waals surface area contributed by atoms with Crippen molar-refractivity contribution in [2.45, 2.75) is 79.2 Å². The lowest BCUT2D eigenvalue weighted by Crippen LogP contribution is -2.54. The largest absolute Gasteiger partial charge is 0.394 e. The Bertz CT molecular complexity index is 357. The summed E-state index contributed by atoms with van der Waals surface area (Å²) in [4.78, 5) is 0. The van der Waals surface area contributed by atoms with Gasteiger partial charge in [0.05, 0.1) is 6.61 Å². The highest BCUT2D eigenvalue weighted by Crippen LogP contribution is 2.57. The smallest absolute Gasteiger partial charge is 0.0611 e. The molecule has 0 radical (unpaired) electrons. The summed E-state index contributed by atoms with van der Waals surface area (Å²) in [6.07, 6.45) is 8.59. The molecule has 21 heavy (non-hydrogen) atoms. The number of hydrogen-bond donors (Lipinski definition) is 2. The van der Waals surface area contributed by atoms with Gasteiger partial charge in [-0.1, -0.05) is 45.3 Å². The molecule has 0 aliphatic heterocycles. The molecule has 1 saturated carbocycles. The zero-order valence-corrected chi connectivity index (χ0v) is 15.1. The zero-order valence-electron chi connectivity index (χ0n) is 15.1. The van der Waals surface area contributed by atoms with Gasteiger partial charge in [0.25, 0.3) is 0 Å². The second kappa shape index (κ2) is 7.28. The number of allylic oxidation sites excluding steroid dienone is 2. The first kappa shape index (κ1) is 18.7. The molecule has 2 heteroatoms. The molecule has 0 aromatic carbocycles. The minimum atomic E-state index is -0.495. The van der Waals surface area contributed by atoms with Gasteiger partial charge < -0.3 is 10.8 Å². The van der Waals surface area contributed by atoms with Gasteiger partial charge in [-0.15, -0.1) is 0 Å². The second-order valence-electron chi connectivity index (χ2n) is 8.13. The topological polar surface area (TPSA) is 46.2 Å². The van der Waals surface area contributed by atoms with Gasteiger partial charge in [-0.3, -0.25) is 0 Å². The van der Waals surface area contributed by atoms with Crippen LogP contribution in [0.15, 0.2) is 11.6 Å². The molecule has 0 heterocycles. The summed E-state index contributed by atoms with van der Waals surface area (Å²) < 4.78 is 0. The SMILES string of the molecule is CCCC1CC(C)CC1(CC=C(C)C)[C@H](C)C(C)(N)CO. The van der Waals surface area contributed by atoms with E-state index in [1.54, 1.807) is 0 Å². The van der Waals surface area contributed by atoms with E-state index in [9.17, 15) is 5.11 Å². The molecule has 4 unspecified atom stereocenters. The summed E-state index contributed by atoms with van der Waals surface area (Å²) in [5.74, 6) is 1.83. The molecule has 0 spiro atoms. The van der Waals surface area contributed by atoms with Crippen LogP contribution >= 0.6 is 0 Å². The average Bonchev–Trinajstić information content (AvgIpc) is 2.73. The van der Waals surface area contributed by atoms with Crippen molar-refractivity contribution >= 4 is 0 Å². The summed E-state index contributed by atoms with van der Waals surface area (Å²) in [7, 11) is 0. The van der Waals surface area contributed by atoms with E-state index in [1.165, 1.54) is 31.3 Å². The summed E-state index contributed by atoms with van der Waals surface area (Å²) in [5, 5.41) is 9.76. The van der Waals surface area contributed by atoms with Crippen molar-refractivity contribution in [2.24, 2.45) is 28.9 Å². The highest BCUT2D eigenvalue weighted by molar-refractivity contribution is 5.08. The van der Waals surface area contributed by atoms with Crippen molar-refractivity contribution in [3.05, 3.63) is 11.6 Å². The Labute approximate surface area is 132 Å². The number of aliphatic hydroxyl groups excluding tert-OH is 1. The van der Waals surface area contributed by atoms with Gasteiger partial charge in [-0.25, -0.2) is 0 Å². The third-order valence-electron chi connectivity index (χ3n) is 5.95. The maximum absolute atomic E-state index is 9.76. The van der Waals surface area contributed by atoms with Crippen LogP contribution in [0.4, 0.5) is 0 Å². The van der Waals surface area contributed by atoms with E-state index in [0.29, 0.717) is 5.92 Å². The predicted octanol–water partition coefficient (Wildman–Crippen LogP) is 4.52. The fourth-order valence-electron chi connectivity index (χ4n) is 4.52. The molecule has 1 aliphatic carbocycles. The van der Waals surface area contributed by atoms with E-state index >= 15 is 0 Å².